The molecule has 3 heterocycles. The predicted octanol–water partition coefficient (Wildman–Crippen LogP) is 2.88. The van der Waals surface area contributed by atoms with Gasteiger partial charge in [-0.05, 0) is 62.0 Å². The molecule has 2 saturated heterocycles. The number of hydrogen-bond donors (Lipinski definition) is 0. The maximum absolute atomic E-state index is 13.0. The molecule has 1 aromatic heterocycles. The number of rotatable bonds is 5. The molecule has 2 amide bonds. The van der Waals surface area contributed by atoms with Gasteiger partial charge in [-0.1, -0.05) is 23.9 Å². The van der Waals surface area contributed by atoms with Crippen LogP contribution in [0.2, 0.25) is 0 Å². The van der Waals surface area contributed by atoms with E-state index in [2.05, 4.69) is 0 Å². The SMILES string of the molecule is Cc1ccc(C)n1N1C(=O)/C(=C/c2ccc(OCC(=O)N3CCOCC3)cc2)SC1=S. The van der Waals surface area contributed by atoms with Gasteiger partial charge < -0.3 is 14.4 Å². The molecule has 0 aliphatic carbocycles. The number of ether oxygens (including phenoxy) is 2. The first-order chi connectivity index (χ1) is 14.9. The molecule has 2 aliphatic heterocycles. The normalized spacial score (nSPS) is 18.2. The predicted molar refractivity (Wildman–Crippen MR) is 125 cm³/mol. The van der Waals surface area contributed by atoms with Gasteiger partial charge in [0.25, 0.3) is 11.8 Å². The Morgan fingerprint density at radius 1 is 1.13 bits per heavy atom. The van der Waals surface area contributed by atoms with Crippen LogP contribution in [0, 0.1) is 13.8 Å². The minimum absolute atomic E-state index is 0.00637. The fraction of sp³-hybridized carbons (Fsp3) is 0.318. The van der Waals surface area contributed by atoms with Gasteiger partial charge in [-0.2, -0.15) is 5.01 Å². The van der Waals surface area contributed by atoms with Gasteiger partial charge in [-0.25, -0.2) is 0 Å². The van der Waals surface area contributed by atoms with Crippen molar-refractivity contribution < 1.29 is 19.1 Å². The highest BCUT2D eigenvalue weighted by molar-refractivity contribution is 8.27. The van der Waals surface area contributed by atoms with Crippen LogP contribution in [0.25, 0.3) is 6.08 Å². The Morgan fingerprint density at radius 3 is 2.42 bits per heavy atom. The number of nitrogens with zero attached hydrogens (tertiary/aromatic N) is 3. The lowest BCUT2D eigenvalue weighted by Crippen LogP contribution is -2.42. The van der Waals surface area contributed by atoms with Gasteiger partial charge >= 0.3 is 0 Å². The molecule has 0 saturated carbocycles. The van der Waals surface area contributed by atoms with Crippen molar-refractivity contribution in [1.82, 2.24) is 9.58 Å². The van der Waals surface area contributed by atoms with E-state index < -0.39 is 0 Å². The largest absolute Gasteiger partial charge is 0.484 e. The summed E-state index contributed by atoms with van der Waals surface area (Å²) in [6.45, 7) is 6.21. The van der Waals surface area contributed by atoms with Gasteiger partial charge in [0.15, 0.2) is 10.9 Å². The highest BCUT2D eigenvalue weighted by atomic mass is 32.2. The number of morpholine rings is 1. The molecule has 9 heteroatoms. The summed E-state index contributed by atoms with van der Waals surface area (Å²) in [7, 11) is 0. The van der Waals surface area contributed by atoms with E-state index in [1.165, 1.54) is 16.8 Å². The molecular formula is C22H23N3O4S2. The Hall–Kier alpha value is -2.62. The zero-order valence-electron chi connectivity index (χ0n) is 17.4. The molecule has 4 rings (SSSR count). The van der Waals surface area contributed by atoms with E-state index in [1.54, 1.807) is 17.0 Å². The summed E-state index contributed by atoms with van der Waals surface area (Å²) in [6.07, 6.45) is 1.82. The Bertz CT molecular complexity index is 1020. The number of carbonyl (C=O) groups is 2. The topological polar surface area (TPSA) is 64.0 Å². The molecule has 0 N–H and O–H groups in total. The fourth-order valence-electron chi connectivity index (χ4n) is 3.47. The number of aryl methyl sites for hydroxylation is 2. The number of carbonyl (C=O) groups excluding carboxylic acids is 2. The third-order valence-electron chi connectivity index (χ3n) is 5.11. The fourth-order valence-corrected chi connectivity index (χ4v) is 4.71. The Balaban J connectivity index is 1.41. The second kappa shape index (κ2) is 9.25. The smallest absolute Gasteiger partial charge is 0.285 e. The standard InChI is InChI=1S/C22H23N3O4S2/c1-15-3-4-16(2)24(15)25-21(27)19(31-22(25)30)13-17-5-7-18(8-6-17)29-14-20(26)23-9-11-28-12-10-23/h3-8,13H,9-12,14H2,1-2H3/b19-13-. The summed E-state index contributed by atoms with van der Waals surface area (Å²) in [6, 6.07) is 11.2. The zero-order chi connectivity index (χ0) is 22.0. The maximum Gasteiger partial charge on any atom is 0.285 e. The number of benzene rings is 1. The van der Waals surface area contributed by atoms with Gasteiger partial charge in [0.05, 0.1) is 18.1 Å². The first-order valence-electron chi connectivity index (χ1n) is 9.95. The minimum atomic E-state index is -0.145. The second-order valence-corrected chi connectivity index (χ2v) is 8.95. The molecule has 7 nitrogen and oxygen atoms in total. The summed E-state index contributed by atoms with van der Waals surface area (Å²) in [5, 5.41) is 1.53. The summed E-state index contributed by atoms with van der Waals surface area (Å²) in [4.78, 5) is 27.5. The van der Waals surface area contributed by atoms with E-state index >= 15 is 0 Å². The highest BCUT2D eigenvalue weighted by Crippen LogP contribution is 2.33. The zero-order valence-corrected chi connectivity index (χ0v) is 19.0. The van der Waals surface area contributed by atoms with E-state index in [0.29, 0.717) is 41.3 Å². The summed E-state index contributed by atoms with van der Waals surface area (Å²) in [5.41, 5.74) is 2.75. The molecule has 0 radical (unpaired) electrons. The monoisotopic (exact) mass is 457 g/mol. The van der Waals surface area contributed by atoms with Crippen LogP contribution in [-0.4, -0.2) is 58.6 Å². The molecule has 2 fully saturated rings. The molecule has 0 spiro atoms. The van der Waals surface area contributed by atoms with Crippen LogP contribution in [-0.2, 0) is 14.3 Å². The average Bonchev–Trinajstić information content (AvgIpc) is 3.24. The second-order valence-electron chi connectivity index (χ2n) is 7.27. The molecule has 1 aromatic carbocycles. The van der Waals surface area contributed by atoms with Crippen LogP contribution in [0.4, 0.5) is 0 Å². The summed E-state index contributed by atoms with van der Waals surface area (Å²) >= 11 is 6.74. The maximum atomic E-state index is 13.0. The first-order valence-corrected chi connectivity index (χ1v) is 11.2. The first kappa shape index (κ1) is 21.6. The average molecular weight is 458 g/mol. The van der Waals surface area contributed by atoms with Gasteiger partial charge in [0.2, 0.25) is 0 Å². The lowest BCUT2D eigenvalue weighted by Gasteiger charge is -2.26. The number of amides is 2. The van der Waals surface area contributed by atoms with Crippen molar-refractivity contribution >= 4 is 46.2 Å². The molecule has 0 unspecified atom stereocenters. The van der Waals surface area contributed by atoms with Crippen LogP contribution in [0.15, 0.2) is 41.3 Å². The molecule has 162 valence electrons. The summed E-state index contributed by atoms with van der Waals surface area (Å²) < 4.78 is 13.2. The van der Waals surface area contributed by atoms with Crippen LogP contribution >= 0.6 is 24.0 Å². The van der Waals surface area contributed by atoms with Crippen molar-refractivity contribution in [3.05, 3.63) is 58.3 Å². The molecule has 2 aliphatic rings. The highest BCUT2D eigenvalue weighted by Gasteiger charge is 2.34. The van der Waals surface area contributed by atoms with E-state index in [9.17, 15) is 9.59 Å². The van der Waals surface area contributed by atoms with Crippen LogP contribution in [0.3, 0.4) is 0 Å². The third kappa shape index (κ3) is 4.68. The van der Waals surface area contributed by atoms with Crippen molar-refractivity contribution in [2.75, 3.05) is 37.9 Å². The van der Waals surface area contributed by atoms with Gasteiger partial charge in [-0.3, -0.25) is 14.3 Å². The molecule has 2 aromatic rings. The lowest BCUT2D eigenvalue weighted by molar-refractivity contribution is -0.137. The minimum Gasteiger partial charge on any atom is -0.484 e. The Morgan fingerprint density at radius 2 is 1.77 bits per heavy atom. The van der Waals surface area contributed by atoms with E-state index in [4.69, 9.17) is 21.7 Å². The van der Waals surface area contributed by atoms with Gasteiger partial charge in [0, 0.05) is 24.5 Å². The van der Waals surface area contributed by atoms with Crippen molar-refractivity contribution in [3.8, 4) is 5.75 Å². The van der Waals surface area contributed by atoms with Crippen molar-refractivity contribution in [3.63, 3.8) is 0 Å². The van der Waals surface area contributed by atoms with Gasteiger partial charge in [-0.15, -0.1) is 0 Å². The van der Waals surface area contributed by atoms with Crippen LogP contribution < -0.4 is 9.75 Å². The van der Waals surface area contributed by atoms with Crippen LogP contribution in [0.5, 0.6) is 5.75 Å². The Labute approximate surface area is 190 Å². The van der Waals surface area contributed by atoms with E-state index in [1.807, 2.05) is 48.9 Å². The van der Waals surface area contributed by atoms with Crippen molar-refractivity contribution in [1.29, 1.82) is 0 Å². The Kier molecular flexibility index (Phi) is 6.45. The molecular weight excluding hydrogens is 434 g/mol. The number of aromatic nitrogens is 1. The number of hydrogen-bond acceptors (Lipinski definition) is 6. The third-order valence-corrected chi connectivity index (χ3v) is 6.39. The van der Waals surface area contributed by atoms with E-state index in [0.717, 1.165) is 17.0 Å². The van der Waals surface area contributed by atoms with E-state index in [-0.39, 0.29) is 18.4 Å². The quantitative estimate of drug-likeness (QED) is 0.508. The van der Waals surface area contributed by atoms with Gasteiger partial charge in [0.1, 0.15) is 5.75 Å². The number of thioether (sulfide) groups is 1. The van der Waals surface area contributed by atoms with Crippen molar-refractivity contribution in [2.24, 2.45) is 0 Å². The lowest BCUT2D eigenvalue weighted by atomic mass is 10.2. The molecule has 0 bridgehead atoms. The molecule has 31 heavy (non-hydrogen) atoms. The number of thiocarbonyl (C=S) groups is 1. The summed E-state index contributed by atoms with van der Waals surface area (Å²) in [5.74, 6) is 0.408. The molecule has 0 atom stereocenters. The van der Waals surface area contributed by atoms with Crippen LogP contribution in [0.1, 0.15) is 17.0 Å². The van der Waals surface area contributed by atoms with Crippen molar-refractivity contribution in [2.45, 2.75) is 13.8 Å².